The summed E-state index contributed by atoms with van der Waals surface area (Å²) in [5.74, 6) is -2.05. The number of hydrogen-bond donors (Lipinski definition) is 1. The van der Waals surface area contributed by atoms with Crippen LogP contribution in [0.25, 0.3) is 0 Å². The van der Waals surface area contributed by atoms with Crippen LogP contribution in [0.5, 0.6) is 0 Å². The zero-order chi connectivity index (χ0) is 13.0. The number of hydrogen-bond acceptors (Lipinski definition) is 4. The van der Waals surface area contributed by atoms with Crippen molar-refractivity contribution in [2.45, 2.75) is 19.3 Å². The first kappa shape index (κ1) is 13.1. The second-order valence-corrected chi connectivity index (χ2v) is 3.83. The number of nitrogens with zero attached hydrogens (tertiary/aromatic N) is 2. The van der Waals surface area contributed by atoms with Crippen molar-refractivity contribution in [3.8, 4) is 0 Å². The fraction of sp³-hybridized carbons (Fsp3) is 0.600. The number of carboxylic acid groups (broad SMARTS) is 1. The number of imide groups is 1. The summed E-state index contributed by atoms with van der Waals surface area (Å²) in [6.45, 7) is -0.360. The molecule has 1 saturated heterocycles. The minimum absolute atomic E-state index is 0.0282. The third-order valence-electron chi connectivity index (χ3n) is 2.50. The average Bonchev–Trinajstić information content (AvgIpc) is 2.54. The molecule has 0 radical (unpaired) electrons. The van der Waals surface area contributed by atoms with Gasteiger partial charge < -0.3 is 10.0 Å². The van der Waals surface area contributed by atoms with E-state index in [1.54, 1.807) is 0 Å². The van der Waals surface area contributed by atoms with Crippen LogP contribution in [0.2, 0.25) is 0 Å². The minimum Gasteiger partial charge on any atom is -0.480 e. The Bertz CT molecular complexity index is 350. The Morgan fingerprint density at radius 2 is 1.82 bits per heavy atom. The number of likely N-dealkylation sites (N-methyl/N-ethyl adjacent to an activating group) is 1. The number of carbonyl (C=O) groups is 4. The maximum Gasteiger partial charge on any atom is 0.323 e. The van der Waals surface area contributed by atoms with Crippen molar-refractivity contribution >= 4 is 23.7 Å². The largest absolute Gasteiger partial charge is 0.480 e. The van der Waals surface area contributed by atoms with Crippen molar-refractivity contribution in [2.75, 3.05) is 20.1 Å². The molecule has 1 N–H and O–H groups in total. The van der Waals surface area contributed by atoms with Crippen LogP contribution in [0.15, 0.2) is 0 Å². The lowest BCUT2D eigenvalue weighted by Crippen LogP contribution is -2.36. The molecule has 1 aliphatic heterocycles. The Morgan fingerprint density at radius 3 is 2.29 bits per heavy atom. The third kappa shape index (κ3) is 3.54. The van der Waals surface area contributed by atoms with E-state index in [1.165, 1.54) is 7.05 Å². The zero-order valence-electron chi connectivity index (χ0n) is 9.51. The maximum atomic E-state index is 11.5. The molecular formula is C10H14N2O5. The van der Waals surface area contributed by atoms with Gasteiger partial charge in [0.1, 0.15) is 6.54 Å². The van der Waals surface area contributed by atoms with E-state index >= 15 is 0 Å². The van der Waals surface area contributed by atoms with Crippen LogP contribution in [0.4, 0.5) is 0 Å². The summed E-state index contributed by atoms with van der Waals surface area (Å²) < 4.78 is 0. The van der Waals surface area contributed by atoms with Crippen LogP contribution < -0.4 is 0 Å². The lowest BCUT2D eigenvalue weighted by molar-refractivity contribution is -0.144. The van der Waals surface area contributed by atoms with E-state index in [1.807, 2.05) is 0 Å². The van der Waals surface area contributed by atoms with Crippen molar-refractivity contribution in [2.24, 2.45) is 0 Å². The van der Waals surface area contributed by atoms with Gasteiger partial charge in [-0.25, -0.2) is 0 Å². The van der Waals surface area contributed by atoms with Crippen molar-refractivity contribution < 1.29 is 24.3 Å². The second-order valence-electron chi connectivity index (χ2n) is 3.83. The number of carbonyl (C=O) groups excluding carboxylic acids is 3. The fourth-order valence-corrected chi connectivity index (χ4v) is 1.56. The highest BCUT2D eigenvalue weighted by Gasteiger charge is 2.29. The normalized spacial score (nSPS) is 15.2. The zero-order valence-corrected chi connectivity index (χ0v) is 9.51. The van der Waals surface area contributed by atoms with E-state index in [0.717, 1.165) is 9.80 Å². The van der Waals surface area contributed by atoms with Gasteiger partial charge in [-0.3, -0.25) is 24.1 Å². The molecule has 7 nitrogen and oxygen atoms in total. The second kappa shape index (κ2) is 5.42. The molecule has 0 unspecified atom stereocenters. The van der Waals surface area contributed by atoms with E-state index in [0.29, 0.717) is 0 Å². The smallest absolute Gasteiger partial charge is 0.323 e. The Labute approximate surface area is 98.0 Å². The van der Waals surface area contributed by atoms with Gasteiger partial charge in [0.25, 0.3) is 0 Å². The molecule has 94 valence electrons. The number of aliphatic carboxylic acids is 1. The first-order valence-corrected chi connectivity index (χ1v) is 5.20. The topological polar surface area (TPSA) is 95.0 Å². The van der Waals surface area contributed by atoms with Gasteiger partial charge in [0.15, 0.2) is 0 Å². The van der Waals surface area contributed by atoms with Crippen molar-refractivity contribution in [1.29, 1.82) is 0 Å². The Hall–Kier alpha value is -1.92. The quantitative estimate of drug-likeness (QED) is 0.628. The molecule has 1 fully saturated rings. The predicted octanol–water partition coefficient (Wildman–Crippen LogP) is -0.931. The van der Waals surface area contributed by atoms with Crippen LogP contribution in [-0.4, -0.2) is 58.7 Å². The van der Waals surface area contributed by atoms with Crippen LogP contribution in [0, 0.1) is 0 Å². The van der Waals surface area contributed by atoms with E-state index in [9.17, 15) is 19.2 Å². The van der Waals surface area contributed by atoms with E-state index in [2.05, 4.69) is 0 Å². The molecule has 1 rings (SSSR count). The highest BCUT2D eigenvalue weighted by atomic mass is 16.4. The third-order valence-corrected chi connectivity index (χ3v) is 2.50. The summed E-state index contributed by atoms with van der Waals surface area (Å²) >= 11 is 0. The number of likely N-dealkylation sites (tertiary alicyclic amines) is 1. The number of amides is 3. The average molecular weight is 242 g/mol. The van der Waals surface area contributed by atoms with Gasteiger partial charge in [0.05, 0.1) is 0 Å². The predicted molar refractivity (Wildman–Crippen MR) is 55.8 cm³/mol. The Balaban J connectivity index is 2.40. The first-order chi connectivity index (χ1) is 7.91. The van der Waals surface area contributed by atoms with Gasteiger partial charge >= 0.3 is 5.97 Å². The van der Waals surface area contributed by atoms with Crippen LogP contribution >= 0.6 is 0 Å². The van der Waals surface area contributed by atoms with Crippen LogP contribution in [0.3, 0.4) is 0 Å². The molecule has 1 heterocycles. The lowest BCUT2D eigenvalue weighted by atomic mass is 10.3. The molecule has 0 aromatic carbocycles. The monoisotopic (exact) mass is 242 g/mol. The molecule has 0 saturated carbocycles. The molecule has 0 spiro atoms. The minimum atomic E-state index is -1.10. The molecule has 1 aliphatic rings. The van der Waals surface area contributed by atoms with Gasteiger partial charge in [0.2, 0.25) is 17.7 Å². The van der Waals surface area contributed by atoms with Gasteiger partial charge in [-0.05, 0) is 0 Å². The van der Waals surface area contributed by atoms with Gasteiger partial charge in [-0.2, -0.15) is 0 Å². The van der Waals surface area contributed by atoms with E-state index < -0.39 is 11.9 Å². The fourth-order valence-electron chi connectivity index (χ4n) is 1.56. The summed E-state index contributed by atoms with van der Waals surface area (Å²) in [6, 6.07) is 0. The summed E-state index contributed by atoms with van der Waals surface area (Å²) in [6.07, 6.45) is 0.344. The molecule has 0 aliphatic carbocycles. The van der Waals surface area contributed by atoms with Gasteiger partial charge in [-0.1, -0.05) is 0 Å². The molecule has 0 bridgehead atoms. The summed E-state index contributed by atoms with van der Waals surface area (Å²) in [4.78, 5) is 46.4. The van der Waals surface area contributed by atoms with Crippen LogP contribution in [-0.2, 0) is 19.2 Å². The lowest BCUT2D eigenvalue weighted by Gasteiger charge is -2.17. The van der Waals surface area contributed by atoms with Crippen molar-refractivity contribution in [3.05, 3.63) is 0 Å². The molecule has 3 amide bonds. The molecule has 0 aromatic rings. The number of rotatable bonds is 5. The van der Waals surface area contributed by atoms with Crippen LogP contribution in [0.1, 0.15) is 19.3 Å². The van der Waals surface area contributed by atoms with Gasteiger partial charge in [0, 0.05) is 32.9 Å². The highest BCUT2D eigenvalue weighted by molar-refractivity contribution is 6.02. The summed E-state index contributed by atoms with van der Waals surface area (Å²) in [7, 11) is 1.37. The molecular weight excluding hydrogens is 228 g/mol. The first-order valence-electron chi connectivity index (χ1n) is 5.20. The molecule has 0 atom stereocenters. The standard InChI is InChI=1S/C10H14N2O5/c1-11(6-10(16)17)7(13)4-5-12-8(14)2-3-9(12)15/h2-6H2,1H3,(H,16,17). The number of carboxylic acids is 1. The van der Waals surface area contributed by atoms with Crippen molar-refractivity contribution in [3.63, 3.8) is 0 Å². The molecule has 17 heavy (non-hydrogen) atoms. The van der Waals surface area contributed by atoms with E-state index in [-0.39, 0.29) is 44.2 Å². The summed E-state index contributed by atoms with van der Waals surface area (Å²) in [5.41, 5.74) is 0. The molecule has 0 aromatic heterocycles. The van der Waals surface area contributed by atoms with Gasteiger partial charge in [-0.15, -0.1) is 0 Å². The molecule has 7 heteroatoms. The maximum absolute atomic E-state index is 11.5. The van der Waals surface area contributed by atoms with E-state index in [4.69, 9.17) is 5.11 Å². The summed E-state index contributed by atoms with van der Waals surface area (Å²) in [5, 5.41) is 8.48. The Morgan fingerprint density at radius 1 is 1.29 bits per heavy atom. The van der Waals surface area contributed by atoms with Crippen molar-refractivity contribution in [1.82, 2.24) is 9.80 Å². The SMILES string of the molecule is CN(CC(=O)O)C(=O)CCN1C(=O)CCC1=O. The Kier molecular flexibility index (Phi) is 4.19. The highest BCUT2D eigenvalue weighted by Crippen LogP contribution is 2.12.